The lowest BCUT2D eigenvalue weighted by atomic mass is 10.0. The topological polar surface area (TPSA) is 69.1 Å². The van der Waals surface area contributed by atoms with Gasteiger partial charge in [-0.25, -0.2) is 0 Å². The molecular weight excluding hydrogens is 248 g/mol. The highest BCUT2D eigenvalue weighted by atomic mass is 32.2. The number of aromatic nitrogens is 1. The summed E-state index contributed by atoms with van der Waals surface area (Å²) >= 11 is 1.20. The van der Waals surface area contributed by atoms with Gasteiger partial charge in [0.15, 0.2) is 5.76 Å². The Morgan fingerprint density at radius 1 is 1.39 bits per heavy atom. The standard InChI is InChI=1S/C13H14N2O2S/c1-8(16)7-12-13(9(2)15-17-12)10-3-5-11(18-14)6-4-10/h3-6H,7,14H2,1-2H3. The van der Waals surface area contributed by atoms with Crippen molar-refractivity contribution in [3.63, 3.8) is 0 Å². The average molecular weight is 262 g/mol. The van der Waals surface area contributed by atoms with Gasteiger partial charge in [-0.1, -0.05) is 17.3 Å². The van der Waals surface area contributed by atoms with Crippen LogP contribution in [0.3, 0.4) is 0 Å². The highest BCUT2D eigenvalue weighted by molar-refractivity contribution is 7.97. The van der Waals surface area contributed by atoms with Crippen LogP contribution in [0.5, 0.6) is 0 Å². The van der Waals surface area contributed by atoms with Crippen molar-refractivity contribution in [1.29, 1.82) is 0 Å². The first kappa shape index (κ1) is 12.9. The molecule has 0 saturated carbocycles. The minimum absolute atomic E-state index is 0.0570. The van der Waals surface area contributed by atoms with E-state index in [1.165, 1.54) is 18.9 Å². The van der Waals surface area contributed by atoms with Gasteiger partial charge in [0.25, 0.3) is 0 Å². The number of hydrogen-bond acceptors (Lipinski definition) is 5. The summed E-state index contributed by atoms with van der Waals surface area (Å²) < 4.78 is 5.22. The second-order valence-corrected chi connectivity index (χ2v) is 4.79. The lowest BCUT2D eigenvalue weighted by Gasteiger charge is -2.03. The molecule has 94 valence electrons. The summed E-state index contributed by atoms with van der Waals surface area (Å²) in [4.78, 5) is 12.2. The molecule has 2 aromatic rings. The molecule has 0 radical (unpaired) electrons. The Balaban J connectivity index is 2.42. The minimum Gasteiger partial charge on any atom is -0.360 e. The molecule has 5 heteroatoms. The number of carbonyl (C=O) groups is 1. The molecule has 0 fully saturated rings. The maximum absolute atomic E-state index is 11.2. The first-order chi connectivity index (χ1) is 8.61. The van der Waals surface area contributed by atoms with Gasteiger partial charge < -0.3 is 4.52 Å². The molecule has 1 heterocycles. The first-order valence-electron chi connectivity index (χ1n) is 5.53. The summed E-state index contributed by atoms with van der Waals surface area (Å²) in [5, 5.41) is 9.42. The molecule has 4 nitrogen and oxygen atoms in total. The number of ketones is 1. The molecule has 0 aliphatic heterocycles. The largest absolute Gasteiger partial charge is 0.360 e. The highest BCUT2D eigenvalue weighted by Crippen LogP contribution is 2.29. The molecule has 2 rings (SSSR count). The summed E-state index contributed by atoms with van der Waals surface area (Å²) in [6.45, 7) is 3.41. The van der Waals surface area contributed by atoms with E-state index in [0.717, 1.165) is 21.7 Å². The van der Waals surface area contributed by atoms with Crippen LogP contribution in [0.2, 0.25) is 0 Å². The zero-order chi connectivity index (χ0) is 13.1. The SMILES string of the molecule is CC(=O)Cc1onc(C)c1-c1ccc(SN)cc1. The van der Waals surface area contributed by atoms with Gasteiger partial charge in [0.1, 0.15) is 5.78 Å². The van der Waals surface area contributed by atoms with Crippen molar-refractivity contribution in [2.24, 2.45) is 5.14 Å². The van der Waals surface area contributed by atoms with Crippen LogP contribution in [0.25, 0.3) is 11.1 Å². The molecular formula is C13H14N2O2S. The van der Waals surface area contributed by atoms with E-state index in [-0.39, 0.29) is 12.2 Å². The second kappa shape index (κ2) is 5.37. The van der Waals surface area contributed by atoms with E-state index in [1.807, 2.05) is 31.2 Å². The zero-order valence-corrected chi connectivity index (χ0v) is 11.1. The van der Waals surface area contributed by atoms with Crippen molar-refractivity contribution in [3.8, 4) is 11.1 Å². The van der Waals surface area contributed by atoms with Crippen molar-refractivity contribution in [3.05, 3.63) is 35.7 Å². The molecule has 0 spiro atoms. The average Bonchev–Trinajstić information content (AvgIpc) is 2.70. The fourth-order valence-corrected chi connectivity index (χ4v) is 2.13. The summed E-state index contributed by atoms with van der Waals surface area (Å²) in [7, 11) is 0. The number of rotatable bonds is 4. The first-order valence-corrected chi connectivity index (χ1v) is 6.41. The van der Waals surface area contributed by atoms with E-state index in [2.05, 4.69) is 5.16 Å². The monoisotopic (exact) mass is 262 g/mol. The third-order valence-electron chi connectivity index (χ3n) is 2.62. The maximum Gasteiger partial charge on any atom is 0.152 e. The summed E-state index contributed by atoms with van der Waals surface area (Å²) in [6.07, 6.45) is 0.267. The maximum atomic E-state index is 11.2. The Kier molecular flexibility index (Phi) is 3.84. The van der Waals surface area contributed by atoms with E-state index in [4.69, 9.17) is 9.66 Å². The van der Waals surface area contributed by atoms with Crippen LogP contribution >= 0.6 is 11.9 Å². The molecule has 0 aliphatic rings. The van der Waals surface area contributed by atoms with E-state index >= 15 is 0 Å². The van der Waals surface area contributed by atoms with Crippen molar-refractivity contribution >= 4 is 17.7 Å². The molecule has 0 aliphatic carbocycles. The van der Waals surface area contributed by atoms with Gasteiger partial charge in [0, 0.05) is 10.5 Å². The van der Waals surface area contributed by atoms with E-state index in [1.54, 1.807) is 0 Å². The number of benzene rings is 1. The number of carbonyl (C=O) groups excluding carboxylic acids is 1. The van der Waals surface area contributed by atoms with Crippen LogP contribution in [-0.4, -0.2) is 10.9 Å². The third kappa shape index (κ3) is 2.63. The Bertz CT molecular complexity index is 561. The van der Waals surface area contributed by atoms with Gasteiger partial charge in [0.05, 0.1) is 12.1 Å². The second-order valence-electron chi connectivity index (χ2n) is 4.09. The quantitative estimate of drug-likeness (QED) is 0.858. The number of hydrogen-bond donors (Lipinski definition) is 1. The van der Waals surface area contributed by atoms with Crippen LogP contribution in [0.1, 0.15) is 18.4 Å². The van der Waals surface area contributed by atoms with Crippen molar-refractivity contribution < 1.29 is 9.32 Å². The molecule has 2 N–H and O–H groups in total. The molecule has 0 atom stereocenters. The molecule has 0 unspecified atom stereocenters. The zero-order valence-electron chi connectivity index (χ0n) is 10.3. The Hall–Kier alpha value is -1.59. The number of Topliss-reactive ketones (excluding diaryl/α,β-unsaturated/α-hetero) is 1. The lowest BCUT2D eigenvalue weighted by Crippen LogP contribution is -1.96. The van der Waals surface area contributed by atoms with Crippen molar-refractivity contribution in [2.45, 2.75) is 25.2 Å². The molecule has 18 heavy (non-hydrogen) atoms. The number of nitrogens with zero attached hydrogens (tertiary/aromatic N) is 1. The normalized spacial score (nSPS) is 10.6. The predicted molar refractivity (Wildman–Crippen MR) is 71.1 cm³/mol. The molecule has 0 amide bonds. The smallest absolute Gasteiger partial charge is 0.152 e. The van der Waals surface area contributed by atoms with Crippen molar-refractivity contribution in [1.82, 2.24) is 5.16 Å². The van der Waals surface area contributed by atoms with Crippen molar-refractivity contribution in [2.75, 3.05) is 0 Å². The van der Waals surface area contributed by atoms with Gasteiger partial charge in [0.2, 0.25) is 0 Å². The fourth-order valence-electron chi connectivity index (χ4n) is 1.83. The van der Waals surface area contributed by atoms with E-state index in [9.17, 15) is 4.79 Å². The summed E-state index contributed by atoms with van der Waals surface area (Å²) in [5.41, 5.74) is 2.68. The van der Waals surface area contributed by atoms with Gasteiger partial charge >= 0.3 is 0 Å². The van der Waals surface area contributed by atoms with Gasteiger partial charge in [-0.2, -0.15) is 0 Å². The lowest BCUT2D eigenvalue weighted by molar-refractivity contribution is -0.116. The van der Waals surface area contributed by atoms with Gasteiger partial charge in [-0.05, 0) is 43.5 Å². The Morgan fingerprint density at radius 3 is 2.61 bits per heavy atom. The Labute approximate surface area is 110 Å². The molecule has 0 saturated heterocycles. The van der Waals surface area contributed by atoms with Crippen LogP contribution in [-0.2, 0) is 11.2 Å². The van der Waals surface area contributed by atoms with Gasteiger partial charge in [-0.15, -0.1) is 0 Å². The molecule has 1 aromatic heterocycles. The third-order valence-corrected chi connectivity index (χ3v) is 3.17. The van der Waals surface area contributed by atoms with E-state index < -0.39 is 0 Å². The minimum atomic E-state index is 0.0570. The molecule has 0 bridgehead atoms. The highest BCUT2D eigenvalue weighted by Gasteiger charge is 2.16. The van der Waals surface area contributed by atoms with Crippen LogP contribution < -0.4 is 5.14 Å². The summed E-state index contributed by atoms with van der Waals surface area (Å²) in [6, 6.07) is 7.78. The summed E-state index contributed by atoms with van der Waals surface area (Å²) in [5.74, 6) is 0.676. The van der Waals surface area contributed by atoms with Crippen LogP contribution in [0.15, 0.2) is 33.7 Å². The van der Waals surface area contributed by atoms with Crippen LogP contribution in [0.4, 0.5) is 0 Å². The number of aryl methyl sites for hydroxylation is 1. The fraction of sp³-hybridized carbons (Fsp3) is 0.231. The Morgan fingerprint density at radius 2 is 2.06 bits per heavy atom. The van der Waals surface area contributed by atoms with Crippen LogP contribution in [0, 0.1) is 6.92 Å². The molecule has 1 aromatic carbocycles. The van der Waals surface area contributed by atoms with Gasteiger partial charge in [-0.3, -0.25) is 9.93 Å². The predicted octanol–water partition coefficient (Wildman–Crippen LogP) is 2.75. The number of nitrogens with two attached hydrogens (primary N) is 1. The van der Waals surface area contributed by atoms with E-state index in [0.29, 0.717) is 5.76 Å².